The van der Waals surface area contributed by atoms with E-state index in [-0.39, 0.29) is 18.6 Å². The first-order chi connectivity index (χ1) is 12.3. The zero-order valence-electron chi connectivity index (χ0n) is 14.0. The van der Waals surface area contributed by atoms with Crippen LogP contribution in [0.3, 0.4) is 0 Å². The van der Waals surface area contributed by atoms with E-state index < -0.39 is 0 Å². The molecular weight excluding hydrogens is 314 g/mol. The number of fused-ring (bicyclic) bond motifs is 1. The van der Waals surface area contributed by atoms with Crippen molar-refractivity contribution in [1.29, 1.82) is 0 Å². The lowest BCUT2D eigenvalue weighted by molar-refractivity contribution is -0.122. The molecule has 1 fully saturated rings. The third-order valence-corrected chi connectivity index (χ3v) is 4.55. The second-order valence-corrected chi connectivity index (χ2v) is 6.33. The molecule has 4 rings (SSSR count). The first-order valence-electron chi connectivity index (χ1n) is 8.70. The van der Waals surface area contributed by atoms with Crippen molar-refractivity contribution in [3.63, 3.8) is 0 Å². The maximum absolute atomic E-state index is 12.3. The Hall–Kier alpha value is -2.66. The van der Waals surface area contributed by atoms with Crippen LogP contribution in [-0.2, 0) is 16.1 Å². The highest BCUT2D eigenvalue weighted by atomic mass is 16.5. The van der Waals surface area contributed by atoms with Gasteiger partial charge in [-0.15, -0.1) is 0 Å². The monoisotopic (exact) mass is 335 g/mol. The predicted octanol–water partition coefficient (Wildman–Crippen LogP) is 3.00. The van der Waals surface area contributed by atoms with Crippen LogP contribution in [0.15, 0.2) is 54.6 Å². The molecule has 1 saturated heterocycles. The Morgan fingerprint density at radius 2 is 1.96 bits per heavy atom. The minimum atomic E-state index is -0.0386. The highest BCUT2D eigenvalue weighted by molar-refractivity contribution is 5.94. The lowest BCUT2D eigenvalue weighted by atomic mass is 10.1. The summed E-state index contributed by atoms with van der Waals surface area (Å²) >= 11 is 0. The molecule has 128 valence electrons. The summed E-state index contributed by atoms with van der Waals surface area (Å²) in [7, 11) is 0. The van der Waals surface area contributed by atoms with E-state index in [0.717, 1.165) is 41.6 Å². The van der Waals surface area contributed by atoms with Crippen LogP contribution in [0.2, 0.25) is 0 Å². The van der Waals surface area contributed by atoms with Crippen molar-refractivity contribution in [1.82, 2.24) is 15.1 Å². The smallest absolute Gasteiger partial charge is 0.241 e. The molecule has 3 aromatic rings. The van der Waals surface area contributed by atoms with Crippen LogP contribution in [0, 0.1) is 0 Å². The molecule has 2 aromatic carbocycles. The van der Waals surface area contributed by atoms with E-state index in [1.165, 1.54) is 0 Å². The van der Waals surface area contributed by atoms with Crippen LogP contribution in [0.25, 0.3) is 22.2 Å². The summed E-state index contributed by atoms with van der Waals surface area (Å²) in [6.45, 7) is 1.58. The maximum atomic E-state index is 12.3. The van der Waals surface area contributed by atoms with E-state index >= 15 is 0 Å². The third kappa shape index (κ3) is 3.42. The Balaban J connectivity index is 1.56. The van der Waals surface area contributed by atoms with Gasteiger partial charge in [-0.3, -0.25) is 9.48 Å². The maximum Gasteiger partial charge on any atom is 0.241 e. The Kier molecular flexibility index (Phi) is 4.48. The highest BCUT2D eigenvalue weighted by Gasteiger charge is 2.17. The molecule has 1 aromatic heterocycles. The first-order valence-corrected chi connectivity index (χ1v) is 8.70. The molecule has 0 saturated carbocycles. The van der Waals surface area contributed by atoms with Gasteiger partial charge in [-0.2, -0.15) is 5.10 Å². The fraction of sp³-hybridized carbons (Fsp3) is 0.300. The number of nitrogens with zero attached hydrogens (tertiary/aromatic N) is 2. The lowest BCUT2D eigenvalue weighted by Crippen LogP contribution is -2.34. The molecule has 0 bridgehead atoms. The summed E-state index contributed by atoms with van der Waals surface area (Å²) in [5, 5.41) is 8.72. The van der Waals surface area contributed by atoms with Gasteiger partial charge in [0.25, 0.3) is 0 Å². The van der Waals surface area contributed by atoms with Crippen molar-refractivity contribution in [3.8, 4) is 11.3 Å². The van der Waals surface area contributed by atoms with Gasteiger partial charge < -0.3 is 10.1 Å². The number of amides is 1. The zero-order chi connectivity index (χ0) is 17.1. The van der Waals surface area contributed by atoms with Gasteiger partial charge in [0.05, 0.1) is 11.6 Å². The second kappa shape index (κ2) is 7.07. The summed E-state index contributed by atoms with van der Waals surface area (Å²) in [5.74, 6) is -0.0386. The standard InChI is InChI=1S/C20H21N3O2/c24-19(21-13-16-9-6-12-25-16)14-23-18-11-5-4-10-17(18)20(22-23)15-7-2-1-3-8-15/h1-5,7-8,10-11,16H,6,9,12-14H2,(H,21,24)/t16-/m0/s1. The number of hydrogen-bond acceptors (Lipinski definition) is 3. The Morgan fingerprint density at radius 1 is 1.16 bits per heavy atom. The third-order valence-electron chi connectivity index (χ3n) is 4.55. The molecule has 0 aliphatic carbocycles. The number of carbonyl (C=O) groups excluding carboxylic acids is 1. The van der Waals surface area contributed by atoms with Gasteiger partial charge in [-0.1, -0.05) is 48.5 Å². The number of benzene rings is 2. The predicted molar refractivity (Wildman–Crippen MR) is 97.2 cm³/mol. The largest absolute Gasteiger partial charge is 0.376 e. The molecule has 1 aliphatic heterocycles. The van der Waals surface area contributed by atoms with E-state index in [1.54, 1.807) is 4.68 Å². The highest BCUT2D eigenvalue weighted by Crippen LogP contribution is 2.27. The van der Waals surface area contributed by atoms with Crippen LogP contribution in [0.1, 0.15) is 12.8 Å². The normalized spacial score (nSPS) is 17.0. The van der Waals surface area contributed by atoms with Gasteiger partial charge in [0, 0.05) is 24.1 Å². The number of rotatable bonds is 5. The van der Waals surface area contributed by atoms with Crippen molar-refractivity contribution in [2.75, 3.05) is 13.2 Å². The van der Waals surface area contributed by atoms with Crippen LogP contribution < -0.4 is 5.32 Å². The van der Waals surface area contributed by atoms with Crippen molar-refractivity contribution in [2.45, 2.75) is 25.5 Å². The van der Waals surface area contributed by atoms with E-state index in [1.807, 2.05) is 54.6 Å². The minimum Gasteiger partial charge on any atom is -0.376 e. The van der Waals surface area contributed by atoms with Gasteiger partial charge in [-0.05, 0) is 18.9 Å². The average Bonchev–Trinajstić information content (AvgIpc) is 3.29. The summed E-state index contributed by atoms with van der Waals surface area (Å²) in [6.07, 6.45) is 2.24. The number of para-hydroxylation sites is 1. The fourth-order valence-electron chi connectivity index (χ4n) is 3.28. The minimum absolute atomic E-state index is 0.0386. The van der Waals surface area contributed by atoms with Gasteiger partial charge in [0.1, 0.15) is 12.2 Å². The molecule has 1 aliphatic rings. The molecule has 1 N–H and O–H groups in total. The quantitative estimate of drug-likeness (QED) is 0.780. The first kappa shape index (κ1) is 15.8. The van der Waals surface area contributed by atoms with Crippen LogP contribution in [-0.4, -0.2) is 34.9 Å². The van der Waals surface area contributed by atoms with Crippen LogP contribution in [0.4, 0.5) is 0 Å². The van der Waals surface area contributed by atoms with E-state index in [0.29, 0.717) is 6.54 Å². The molecule has 0 radical (unpaired) electrons. The fourth-order valence-corrected chi connectivity index (χ4v) is 3.28. The average molecular weight is 335 g/mol. The number of ether oxygens (including phenoxy) is 1. The second-order valence-electron chi connectivity index (χ2n) is 6.33. The van der Waals surface area contributed by atoms with E-state index in [4.69, 9.17) is 9.84 Å². The molecule has 0 unspecified atom stereocenters. The van der Waals surface area contributed by atoms with Crippen molar-refractivity contribution in [2.24, 2.45) is 0 Å². The Morgan fingerprint density at radius 3 is 2.76 bits per heavy atom. The molecule has 5 heteroatoms. The molecule has 0 spiro atoms. The summed E-state index contributed by atoms with van der Waals surface area (Å²) in [5.41, 5.74) is 2.92. The van der Waals surface area contributed by atoms with Gasteiger partial charge in [0.2, 0.25) is 5.91 Å². The summed E-state index contributed by atoms with van der Waals surface area (Å²) in [6, 6.07) is 18.1. The Labute approximate surface area is 146 Å². The SMILES string of the molecule is O=C(Cn1nc(-c2ccccc2)c2ccccc21)NC[C@@H]1CCCO1. The number of aromatic nitrogens is 2. The van der Waals surface area contributed by atoms with Gasteiger partial charge >= 0.3 is 0 Å². The van der Waals surface area contributed by atoms with Gasteiger partial charge in [0.15, 0.2) is 0 Å². The summed E-state index contributed by atoms with van der Waals surface area (Å²) < 4.78 is 7.33. The molecule has 2 heterocycles. The number of hydrogen-bond donors (Lipinski definition) is 1. The molecule has 25 heavy (non-hydrogen) atoms. The van der Waals surface area contributed by atoms with Crippen molar-refractivity contribution < 1.29 is 9.53 Å². The van der Waals surface area contributed by atoms with Crippen molar-refractivity contribution in [3.05, 3.63) is 54.6 Å². The van der Waals surface area contributed by atoms with E-state index in [9.17, 15) is 4.79 Å². The summed E-state index contributed by atoms with van der Waals surface area (Å²) in [4.78, 5) is 12.3. The Bertz CT molecular complexity index is 867. The van der Waals surface area contributed by atoms with E-state index in [2.05, 4.69) is 5.32 Å². The molecule has 1 amide bonds. The zero-order valence-corrected chi connectivity index (χ0v) is 14.0. The topological polar surface area (TPSA) is 56.2 Å². The van der Waals surface area contributed by atoms with Crippen molar-refractivity contribution >= 4 is 16.8 Å². The van der Waals surface area contributed by atoms with Crippen LogP contribution in [0.5, 0.6) is 0 Å². The molecular formula is C20H21N3O2. The molecule has 5 nitrogen and oxygen atoms in total. The molecule has 1 atom stereocenters. The van der Waals surface area contributed by atoms with Gasteiger partial charge in [-0.25, -0.2) is 0 Å². The van der Waals surface area contributed by atoms with Crippen LogP contribution >= 0.6 is 0 Å². The number of carbonyl (C=O) groups is 1. The number of nitrogens with one attached hydrogen (secondary N) is 1. The lowest BCUT2D eigenvalue weighted by Gasteiger charge is -2.11.